The minimum absolute atomic E-state index is 0.0463. The van der Waals surface area contributed by atoms with Crippen LogP contribution in [0, 0.1) is 6.92 Å². The number of hydrogen-bond donors (Lipinski definition) is 1. The van der Waals surface area contributed by atoms with E-state index in [1.165, 1.54) is 0 Å². The van der Waals surface area contributed by atoms with Crippen molar-refractivity contribution in [2.75, 3.05) is 19.6 Å². The molecule has 1 saturated heterocycles. The molecule has 7 nitrogen and oxygen atoms in total. The minimum atomic E-state index is -0.155. The summed E-state index contributed by atoms with van der Waals surface area (Å²) in [5, 5.41) is 1.08. The lowest BCUT2D eigenvalue weighted by Gasteiger charge is -2.35. The van der Waals surface area contributed by atoms with Crippen molar-refractivity contribution >= 4 is 22.7 Å². The minimum Gasteiger partial charge on any atom is -0.361 e. The lowest BCUT2D eigenvalue weighted by Crippen LogP contribution is -2.40. The summed E-state index contributed by atoms with van der Waals surface area (Å²) in [4.78, 5) is 42.3. The lowest BCUT2D eigenvalue weighted by atomic mass is 9.99. The number of carbonyl (C=O) groups is 2. The van der Waals surface area contributed by atoms with Gasteiger partial charge in [-0.3, -0.25) is 9.59 Å². The Labute approximate surface area is 188 Å². The first-order chi connectivity index (χ1) is 15.5. The van der Waals surface area contributed by atoms with Gasteiger partial charge in [0.25, 0.3) is 5.91 Å². The van der Waals surface area contributed by atoms with Crippen molar-refractivity contribution in [2.24, 2.45) is 0 Å². The van der Waals surface area contributed by atoms with E-state index in [-0.39, 0.29) is 17.9 Å². The molecule has 0 saturated carbocycles. The van der Waals surface area contributed by atoms with Gasteiger partial charge in [0.15, 0.2) is 5.82 Å². The average molecular weight is 434 g/mol. The highest BCUT2D eigenvalue weighted by atomic mass is 16.2. The van der Waals surface area contributed by atoms with Crippen LogP contribution in [0.25, 0.3) is 10.9 Å². The van der Waals surface area contributed by atoms with Crippen LogP contribution < -0.4 is 0 Å². The first kappa shape index (κ1) is 22.0. The van der Waals surface area contributed by atoms with Crippen LogP contribution >= 0.6 is 0 Å². The number of likely N-dealkylation sites (tertiary alicyclic amines) is 1. The van der Waals surface area contributed by atoms with Crippen LogP contribution in [0.4, 0.5) is 0 Å². The highest BCUT2D eigenvalue weighted by molar-refractivity contribution is 5.95. The lowest BCUT2D eigenvalue weighted by molar-refractivity contribution is -0.134. The number of rotatable bonds is 6. The van der Waals surface area contributed by atoms with Crippen molar-refractivity contribution in [3.8, 4) is 0 Å². The van der Waals surface area contributed by atoms with E-state index in [1.807, 2.05) is 56.1 Å². The number of piperidine rings is 1. The number of benzene rings is 1. The molecule has 1 N–H and O–H groups in total. The Morgan fingerprint density at radius 1 is 1.19 bits per heavy atom. The first-order valence-corrected chi connectivity index (χ1v) is 11.5. The van der Waals surface area contributed by atoms with Crippen molar-refractivity contribution in [3.05, 3.63) is 59.3 Å². The highest BCUT2D eigenvalue weighted by Gasteiger charge is 2.31. The van der Waals surface area contributed by atoms with Crippen molar-refractivity contribution in [1.82, 2.24) is 24.8 Å². The van der Waals surface area contributed by atoms with Crippen LogP contribution in [0.1, 0.15) is 66.6 Å². The molecule has 1 aliphatic rings. The number of carbonyl (C=O) groups excluding carboxylic acids is 2. The van der Waals surface area contributed by atoms with E-state index in [2.05, 4.69) is 15.0 Å². The molecule has 1 atom stereocenters. The molecule has 1 unspecified atom stereocenters. The summed E-state index contributed by atoms with van der Waals surface area (Å²) in [5.41, 5.74) is 3.25. The number of para-hydroxylation sites is 1. The predicted molar refractivity (Wildman–Crippen MR) is 124 cm³/mol. The molecule has 2 aromatic heterocycles. The predicted octanol–water partition coefficient (Wildman–Crippen LogP) is 4.04. The van der Waals surface area contributed by atoms with Crippen molar-refractivity contribution in [1.29, 1.82) is 0 Å². The number of hydrogen-bond acceptors (Lipinski definition) is 4. The van der Waals surface area contributed by atoms with Crippen LogP contribution in [-0.2, 0) is 11.2 Å². The summed E-state index contributed by atoms with van der Waals surface area (Å²) in [7, 11) is 0. The third kappa shape index (κ3) is 4.24. The van der Waals surface area contributed by atoms with Crippen LogP contribution in [0.3, 0.4) is 0 Å². The Bertz CT molecular complexity index is 1120. The third-order valence-corrected chi connectivity index (χ3v) is 6.42. The SMILES string of the molecule is CCN(CC)C(=O)c1cnc(C2CCCCN2C(=O)Cc2c[nH]c3ccccc23)nc1C. The summed E-state index contributed by atoms with van der Waals surface area (Å²) >= 11 is 0. The quantitative estimate of drug-likeness (QED) is 0.636. The van der Waals surface area contributed by atoms with E-state index in [0.29, 0.717) is 43.1 Å². The van der Waals surface area contributed by atoms with Gasteiger partial charge in [-0.15, -0.1) is 0 Å². The van der Waals surface area contributed by atoms with Crippen molar-refractivity contribution in [3.63, 3.8) is 0 Å². The topological polar surface area (TPSA) is 82.2 Å². The Morgan fingerprint density at radius 3 is 2.72 bits per heavy atom. The van der Waals surface area contributed by atoms with Crippen LogP contribution in [-0.4, -0.2) is 56.2 Å². The first-order valence-electron chi connectivity index (χ1n) is 11.5. The number of fused-ring (bicyclic) bond motifs is 1. The summed E-state index contributed by atoms with van der Waals surface area (Å²) in [6, 6.07) is 7.88. The number of aryl methyl sites for hydroxylation is 1. The maximum atomic E-state index is 13.3. The van der Waals surface area contributed by atoms with E-state index in [1.54, 1.807) is 11.1 Å². The second kappa shape index (κ2) is 9.51. The van der Waals surface area contributed by atoms with E-state index in [0.717, 1.165) is 35.7 Å². The van der Waals surface area contributed by atoms with Crippen LogP contribution in [0.2, 0.25) is 0 Å². The highest BCUT2D eigenvalue weighted by Crippen LogP contribution is 2.30. The number of aromatic nitrogens is 3. The van der Waals surface area contributed by atoms with E-state index in [9.17, 15) is 9.59 Å². The molecule has 3 aromatic rings. The van der Waals surface area contributed by atoms with Gasteiger partial charge >= 0.3 is 0 Å². The molecule has 1 fully saturated rings. The monoisotopic (exact) mass is 433 g/mol. The van der Waals surface area contributed by atoms with Crippen molar-refractivity contribution < 1.29 is 9.59 Å². The number of nitrogens with zero attached hydrogens (tertiary/aromatic N) is 4. The molecule has 3 heterocycles. The zero-order chi connectivity index (χ0) is 22.7. The van der Waals surface area contributed by atoms with Gasteiger partial charge in [0, 0.05) is 42.9 Å². The van der Waals surface area contributed by atoms with E-state index >= 15 is 0 Å². The molecule has 0 spiro atoms. The van der Waals surface area contributed by atoms with Gasteiger partial charge in [0.05, 0.1) is 23.7 Å². The largest absolute Gasteiger partial charge is 0.361 e. The molecule has 0 bridgehead atoms. The van der Waals surface area contributed by atoms with Gasteiger partial charge in [-0.2, -0.15) is 0 Å². The van der Waals surface area contributed by atoms with Gasteiger partial charge < -0.3 is 14.8 Å². The van der Waals surface area contributed by atoms with Crippen LogP contribution in [0.5, 0.6) is 0 Å². The molecule has 7 heteroatoms. The maximum absolute atomic E-state index is 13.3. The number of aromatic amines is 1. The normalized spacial score (nSPS) is 16.3. The molecule has 168 valence electrons. The number of H-pyrrole nitrogens is 1. The maximum Gasteiger partial charge on any atom is 0.257 e. The fourth-order valence-electron chi connectivity index (χ4n) is 4.58. The average Bonchev–Trinajstić information content (AvgIpc) is 3.22. The van der Waals surface area contributed by atoms with E-state index in [4.69, 9.17) is 0 Å². The fraction of sp³-hybridized carbons (Fsp3) is 0.440. The molecule has 1 aromatic carbocycles. The Kier molecular flexibility index (Phi) is 6.53. The van der Waals surface area contributed by atoms with Gasteiger partial charge in [-0.25, -0.2) is 9.97 Å². The second-order valence-electron chi connectivity index (χ2n) is 8.34. The molecule has 0 radical (unpaired) electrons. The Morgan fingerprint density at radius 2 is 1.97 bits per heavy atom. The molecule has 2 amide bonds. The number of nitrogens with one attached hydrogen (secondary N) is 1. The smallest absolute Gasteiger partial charge is 0.257 e. The zero-order valence-corrected chi connectivity index (χ0v) is 19.1. The second-order valence-corrected chi connectivity index (χ2v) is 8.34. The Hall–Kier alpha value is -3.22. The van der Waals surface area contributed by atoms with Crippen molar-refractivity contribution in [2.45, 2.75) is 52.5 Å². The van der Waals surface area contributed by atoms with Gasteiger partial charge in [0.1, 0.15) is 0 Å². The molecular weight excluding hydrogens is 402 g/mol. The van der Waals surface area contributed by atoms with E-state index < -0.39 is 0 Å². The molecule has 32 heavy (non-hydrogen) atoms. The molecule has 1 aliphatic heterocycles. The Balaban J connectivity index is 1.56. The van der Waals surface area contributed by atoms with Gasteiger partial charge in [-0.05, 0) is 51.7 Å². The summed E-state index contributed by atoms with van der Waals surface area (Å²) < 4.78 is 0. The number of amides is 2. The fourth-order valence-corrected chi connectivity index (χ4v) is 4.58. The van der Waals surface area contributed by atoms with Gasteiger partial charge in [0.2, 0.25) is 5.91 Å². The molecular formula is C25H31N5O2. The summed E-state index contributed by atoms with van der Waals surface area (Å²) in [5.74, 6) is 0.671. The zero-order valence-electron chi connectivity index (χ0n) is 19.1. The molecule has 4 rings (SSSR count). The molecule has 0 aliphatic carbocycles. The van der Waals surface area contributed by atoms with Gasteiger partial charge in [-0.1, -0.05) is 18.2 Å². The summed E-state index contributed by atoms with van der Waals surface area (Å²) in [6.07, 6.45) is 6.75. The van der Waals surface area contributed by atoms with Crippen LogP contribution in [0.15, 0.2) is 36.7 Å². The summed E-state index contributed by atoms with van der Waals surface area (Å²) in [6.45, 7) is 7.78. The standard InChI is InChI=1S/C25H31N5O2/c1-4-29(5-2)25(32)20-16-27-24(28-17(20)3)22-12-8-9-13-30(22)23(31)14-18-15-26-21-11-7-6-10-19(18)21/h6-7,10-11,15-16,22,26H,4-5,8-9,12-14H2,1-3H3. The third-order valence-electron chi connectivity index (χ3n) is 6.42.